The van der Waals surface area contributed by atoms with Gasteiger partial charge in [-0.3, -0.25) is 4.79 Å². The molecule has 1 aliphatic rings. The van der Waals surface area contributed by atoms with E-state index in [1.807, 2.05) is 108 Å². The first kappa shape index (κ1) is 29.0. The maximum atomic E-state index is 13.4. The molecule has 0 atom stereocenters. The summed E-state index contributed by atoms with van der Waals surface area (Å²) in [6.45, 7) is -2.51. The predicted octanol–water partition coefficient (Wildman–Crippen LogP) is 7.38. The molecule has 0 bridgehead atoms. The molecule has 6 heteroatoms. The number of carbonyl (C=O) groups is 1. The van der Waals surface area contributed by atoms with Gasteiger partial charge in [0.2, 0.25) is 0 Å². The number of anilines is 2. The Hall–Kier alpha value is -5.77. The number of amides is 1. The van der Waals surface area contributed by atoms with E-state index in [0.29, 0.717) is 11.5 Å². The van der Waals surface area contributed by atoms with E-state index in [4.69, 9.17) is 10.1 Å². The molecule has 0 spiro atoms. The maximum Gasteiger partial charge on any atom is 0.276 e. The van der Waals surface area contributed by atoms with Crippen molar-refractivity contribution in [3.63, 3.8) is 0 Å². The van der Waals surface area contributed by atoms with Crippen LogP contribution in [0.4, 0.5) is 17.1 Å². The minimum absolute atomic E-state index is 0.253. The van der Waals surface area contributed by atoms with E-state index in [-0.39, 0.29) is 5.91 Å². The number of nitrogens with one attached hydrogen (secondary N) is 1. The zero-order valence-electron chi connectivity index (χ0n) is 25.0. The third-order valence-electron chi connectivity index (χ3n) is 7.86. The molecule has 1 aliphatic heterocycles. The monoisotopic (exact) mass is 614 g/mol. The van der Waals surface area contributed by atoms with Gasteiger partial charge in [-0.15, -0.1) is 0 Å². The standard InChI is InChI=1S/C40H31N4OP/c45-40-39(36-28-16-17-29-37(36)42-40)43-44(32-20-8-2-9-21-32)38(41-31-18-6-1-7-19-31)30-46(33-22-10-3-11-23-33,34-24-12-4-13-25-34)35-26-14-5-15-27-35/h1-30H,(H,42,43,45). The van der Waals surface area contributed by atoms with Crippen LogP contribution in [0.25, 0.3) is 0 Å². The van der Waals surface area contributed by atoms with Crippen molar-refractivity contribution in [3.8, 4) is 0 Å². The van der Waals surface area contributed by atoms with Crippen LogP contribution in [0, 0.1) is 0 Å². The Labute approximate surface area is 269 Å². The van der Waals surface area contributed by atoms with Crippen LogP contribution < -0.4 is 26.2 Å². The smallest absolute Gasteiger partial charge is 0.276 e. The lowest BCUT2D eigenvalue weighted by atomic mass is 10.1. The topological polar surface area (TPSA) is 57.1 Å². The average Bonchev–Trinajstić information content (AvgIpc) is 3.45. The molecule has 1 N–H and O–H groups in total. The molecule has 6 aromatic rings. The Balaban J connectivity index is 1.59. The van der Waals surface area contributed by atoms with Gasteiger partial charge in [0.15, 0.2) is 11.5 Å². The van der Waals surface area contributed by atoms with Gasteiger partial charge in [0.1, 0.15) is 0 Å². The van der Waals surface area contributed by atoms with Gasteiger partial charge in [-0.1, -0.05) is 146 Å². The van der Waals surface area contributed by atoms with Crippen molar-refractivity contribution in [3.05, 3.63) is 181 Å². The molecule has 1 amide bonds. The highest BCUT2D eigenvalue weighted by atomic mass is 31.2. The largest absolute Gasteiger partial charge is 0.320 e. The maximum absolute atomic E-state index is 13.4. The number of hydrogen-bond acceptors (Lipinski definition) is 3. The number of hydrogen-bond donors (Lipinski definition) is 1. The molecule has 0 aliphatic carbocycles. The second-order valence-corrected chi connectivity index (χ2v) is 14.0. The van der Waals surface area contributed by atoms with E-state index < -0.39 is 6.89 Å². The highest BCUT2D eigenvalue weighted by Gasteiger charge is 2.30. The van der Waals surface area contributed by atoms with Crippen molar-refractivity contribution in [2.75, 3.05) is 10.3 Å². The molecule has 222 valence electrons. The molecular weight excluding hydrogens is 583 g/mol. The first-order chi connectivity index (χ1) is 22.7. The van der Waals surface area contributed by atoms with Crippen molar-refractivity contribution < 1.29 is 4.79 Å². The fourth-order valence-electron chi connectivity index (χ4n) is 5.71. The van der Waals surface area contributed by atoms with Gasteiger partial charge >= 0.3 is 0 Å². The number of aliphatic imine (C=N–C) groups is 1. The second kappa shape index (κ2) is 13.1. The molecular formula is C40H31N4OP. The van der Waals surface area contributed by atoms with Gasteiger partial charge in [-0.25, -0.2) is 10.0 Å². The Bertz CT molecular complexity index is 1980. The van der Waals surface area contributed by atoms with Crippen molar-refractivity contribution in [1.29, 1.82) is 0 Å². The Morgan fingerprint density at radius 3 is 1.57 bits per heavy atom. The first-order valence-corrected chi connectivity index (χ1v) is 17.0. The van der Waals surface area contributed by atoms with Gasteiger partial charge in [0.05, 0.1) is 17.1 Å². The lowest BCUT2D eigenvalue weighted by Gasteiger charge is -2.30. The van der Waals surface area contributed by atoms with Gasteiger partial charge < -0.3 is 5.32 Å². The Kier molecular flexibility index (Phi) is 8.23. The lowest BCUT2D eigenvalue weighted by Crippen LogP contribution is -2.35. The average molecular weight is 615 g/mol. The number of carbonyl (C=O) groups excluding carboxylic acids is 1. The number of para-hydroxylation sites is 3. The van der Waals surface area contributed by atoms with E-state index in [1.54, 1.807) is 0 Å². The third kappa shape index (κ3) is 5.72. The molecule has 1 heterocycles. The normalized spacial score (nSPS) is 13.6. The Morgan fingerprint density at radius 1 is 0.565 bits per heavy atom. The molecule has 7 rings (SSSR count). The number of hydrazone groups is 1. The molecule has 0 aromatic heterocycles. The van der Waals surface area contributed by atoms with Crippen molar-refractivity contribution in [1.82, 2.24) is 0 Å². The summed E-state index contributed by atoms with van der Waals surface area (Å²) >= 11 is 0. The molecule has 46 heavy (non-hydrogen) atoms. The molecule has 0 unspecified atom stereocenters. The summed E-state index contributed by atoms with van der Waals surface area (Å²) in [5.41, 5.74) is 3.38. The summed E-state index contributed by atoms with van der Waals surface area (Å²) in [5, 5.41) is 13.5. The fraction of sp³-hybridized carbons (Fsp3) is 0. The molecule has 6 aromatic carbocycles. The molecule has 0 fully saturated rings. The SMILES string of the molecule is O=C1Nc2ccccc2/C1=N/N(C(C=P(c1ccccc1)(c1ccccc1)c1ccccc1)=Nc1ccccc1)c1ccccc1. The molecule has 5 nitrogen and oxygen atoms in total. The van der Waals surface area contributed by atoms with E-state index in [2.05, 4.69) is 83.9 Å². The summed E-state index contributed by atoms with van der Waals surface area (Å²) in [5.74, 6) is 2.64. The van der Waals surface area contributed by atoms with Crippen molar-refractivity contribution in [2.24, 2.45) is 10.1 Å². The number of fused-ring (bicyclic) bond motifs is 1. The number of rotatable bonds is 7. The van der Waals surface area contributed by atoms with Crippen molar-refractivity contribution >= 4 is 63.1 Å². The van der Waals surface area contributed by atoms with Gasteiger partial charge in [-0.05, 0) is 58.9 Å². The number of benzene rings is 6. The fourth-order valence-corrected chi connectivity index (χ4v) is 9.49. The Morgan fingerprint density at radius 2 is 1.02 bits per heavy atom. The molecule has 0 radical (unpaired) electrons. The minimum atomic E-state index is -2.51. The van der Waals surface area contributed by atoms with Crippen LogP contribution in [-0.4, -0.2) is 23.3 Å². The van der Waals surface area contributed by atoms with E-state index in [9.17, 15) is 4.79 Å². The number of amidine groups is 1. The van der Waals surface area contributed by atoms with Crippen LogP contribution in [0.2, 0.25) is 0 Å². The van der Waals surface area contributed by atoms with E-state index in [0.717, 1.165) is 22.6 Å². The minimum Gasteiger partial charge on any atom is -0.320 e. The predicted molar refractivity (Wildman–Crippen MR) is 195 cm³/mol. The number of nitrogens with zero attached hydrogens (tertiary/aromatic N) is 3. The van der Waals surface area contributed by atoms with Crippen molar-refractivity contribution in [2.45, 2.75) is 0 Å². The summed E-state index contributed by atoms with van der Waals surface area (Å²) in [6.07, 6.45) is 0. The zero-order chi connectivity index (χ0) is 31.2. The van der Waals surface area contributed by atoms with E-state index in [1.165, 1.54) is 15.9 Å². The quantitative estimate of drug-likeness (QED) is 0.0884. The highest BCUT2D eigenvalue weighted by Crippen LogP contribution is 2.44. The lowest BCUT2D eigenvalue weighted by molar-refractivity contribution is -0.110. The van der Waals surface area contributed by atoms with Crippen LogP contribution in [0.1, 0.15) is 5.56 Å². The summed E-state index contributed by atoms with van der Waals surface area (Å²) in [4.78, 5) is 18.7. The van der Waals surface area contributed by atoms with Crippen LogP contribution in [-0.2, 0) is 4.79 Å². The van der Waals surface area contributed by atoms with Gasteiger partial charge in [0, 0.05) is 5.56 Å². The van der Waals surface area contributed by atoms with Crippen LogP contribution in [0.3, 0.4) is 0 Å². The zero-order valence-corrected chi connectivity index (χ0v) is 25.9. The van der Waals surface area contributed by atoms with Crippen LogP contribution in [0.15, 0.2) is 186 Å². The second-order valence-electron chi connectivity index (χ2n) is 10.8. The summed E-state index contributed by atoms with van der Waals surface area (Å²) in [6, 6.07) is 59.3. The molecule has 0 saturated heterocycles. The van der Waals surface area contributed by atoms with Gasteiger partial charge in [-0.2, -0.15) is 5.10 Å². The third-order valence-corrected chi connectivity index (χ3v) is 11.8. The van der Waals surface area contributed by atoms with E-state index >= 15 is 0 Å². The summed E-state index contributed by atoms with van der Waals surface area (Å²) < 4.78 is 0. The highest BCUT2D eigenvalue weighted by molar-refractivity contribution is 7.95. The molecule has 0 saturated carbocycles. The summed E-state index contributed by atoms with van der Waals surface area (Å²) in [7, 11) is 0. The first-order valence-electron chi connectivity index (χ1n) is 15.1. The van der Waals surface area contributed by atoms with Gasteiger partial charge in [0.25, 0.3) is 5.91 Å². The van der Waals surface area contributed by atoms with Crippen LogP contribution >= 0.6 is 6.89 Å². The van der Waals surface area contributed by atoms with Crippen LogP contribution in [0.5, 0.6) is 0 Å².